The molecule has 1 N–H and O–H groups in total. The summed E-state index contributed by atoms with van der Waals surface area (Å²) in [5.74, 6) is 0.0297. The van der Waals surface area contributed by atoms with Gasteiger partial charge in [-0.3, -0.25) is 4.79 Å². The van der Waals surface area contributed by atoms with Crippen LogP contribution in [-0.2, 0) is 9.63 Å². The molecule has 0 bridgehead atoms. The number of hydrogen-bond donors (Lipinski definition) is 1. The minimum absolute atomic E-state index is 0.0515. The Morgan fingerprint density at radius 2 is 2.29 bits per heavy atom. The van der Waals surface area contributed by atoms with Crippen molar-refractivity contribution in [3.8, 4) is 5.75 Å². The van der Waals surface area contributed by atoms with Crippen LogP contribution in [0, 0.1) is 0 Å². The first kappa shape index (κ1) is 10.2. The molecule has 74 valence electrons. The average molecular weight is 193 g/mol. The second-order valence-corrected chi connectivity index (χ2v) is 2.77. The van der Waals surface area contributed by atoms with E-state index in [1.165, 1.54) is 13.1 Å². The number of phenols is 1. The van der Waals surface area contributed by atoms with E-state index < -0.39 is 0 Å². The van der Waals surface area contributed by atoms with Gasteiger partial charge in [0.25, 0.3) is 0 Å². The van der Waals surface area contributed by atoms with E-state index in [0.717, 1.165) is 0 Å². The number of ketones is 1. The average Bonchev–Trinajstić information content (AvgIpc) is 2.15. The van der Waals surface area contributed by atoms with Gasteiger partial charge in [0.1, 0.15) is 5.75 Å². The molecule has 1 aromatic carbocycles. The molecule has 0 aliphatic carbocycles. The Morgan fingerprint density at radius 3 is 2.93 bits per heavy atom. The first-order chi connectivity index (χ1) is 6.70. The van der Waals surface area contributed by atoms with Crippen LogP contribution >= 0.6 is 0 Å². The number of aromatic hydroxyl groups is 1. The molecule has 1 rings (SSSR count). The highest BCUT2D eigenvalue weighted by molar-refractivity contribution is 5.83. The van der Waals surface area contributed by atoms with Crippen LogP contribution in [0.2, 0.25) is 0 Å². The van der Waals surface area contributed by atoms with Crippen molar-refractivity contribution in [2.45, 2.75) is 6.92 Å². The summed E-state index contributed by atoms with van der Waals surface area (Å²) in [5, 5.41) is 12.8. The number of hydrogen-bond acceptors (Lipinski definition) is 4. The van der Waals surface area contributed by atoms with Crippen molar-refractivity contribution >= 4 is 12.0 Å². The number of benzene rings is 1. The van der Waals surface area contributed by atoms with Crippen LogP contribution in [0.1, 0.15) is 12.5 Å². The van der Waals surface area contributed by atoms with E-state index in [-0.39, 0.29) is 18.1 Å². The van der Waals surface area contributed by atoms with Crippen molar-refractivity contribution in [2.24, 2.45) is 5.16 Å². The lowest BCUT2D eigenvalue weighted by atomic mass is 10.2. The van der Waals surface area contributed by atoms with E-state index >= 15 is 0 Å². The zero-order chi connectivity index (χ0) is 10.4. The molecule has 4 heteroatoms. The summed E-state index contributed by atoms with van der Waals surface area (Å²) in [6.07, 6.45) is 1.36. The van der Waals surface area contributed by atoms with Gasteiger partial charge in [0, 0.05) is 5.56 Å². The molecule has 4 nitrogen and oxygen atoms in total. The number of oxime groups is 1. The monoisotopic (exact) mass is 193 g/mol. The van der Waals surface area contributed by atoms with Gasteiger partial charge in [0.15, 0.2) is 12.4 Å². The molecule has 0 aliphatic heterocycles. The molecule has 1 aromatic rings. The van der Waals surface area contributed by atoms with Gasteiger partial charge in [-0.2, -0.15) is 0 Å². The highest BCUT2D eigenvalue weighted by Gasteiger charge is 1.95. The number of Topliss-reactive ketones (excluding diaryl/α,β-unsaturated/α-hetero) is 1. The maximum Gasteiger partial charge on any atom is 0.174 e. The zero-order valence-electron chi connectivity index (χ0n) is 7.80. The minimum Gasteiger partial charge on any atom is -0.507 e. The normalized spacial score (nSPS) is 10.4. The standard InChI is InChI=1S/C10H11NO3/c1-8(12)7-14-11-6-9-4-2-3-5-10(9)13/h2-6,13H,7H2,1H3. The molecule has 0 unspecified atom stereocenters. The van der Waals surface area contributed by atoms with Gasteiger partial charge in [0.05, 0.1) is 6.21 Å². The van der Waals surface area contributed by atoms with Gasteiger partial charge in [0.2, 0.25) is 0 Å². The first-order valence-corrected chi connectivity index (χ1v) is 4.13. The summed E-state index contributed by atoms with van der Waals surface area (Å²) in [6.45, 7) is 1.36. The van der Waals surface area contributed by atoms with Crippen molar-refractivity contribution in [3.05, 3.63) is 29.8 Å². The summed E-state index contributed by atoms with van der Waals surface area (Å²) >= 11 is 0. The second-order valence-electron chi connectivity index (χ2n) is 2.77. The topological polar surface area (TPSA) is 58.9 Å². The molecule has 0 saturated carbocycles. The molecular formula is C10H11NO3. The van der Waals surface area contributed by atoms with Crippen molar-refractivity contribution in [1.82, 2.24) is 0 Å². The number of para-hydroxylation sites is 1. The maximum atomic E-state index is 10.5. The largest absolute Gasteiger partial charge is 0.507 e. The lowest BCUT2D eigenvalue weighted by Crippen LogP contribution is -1.99. The first-order valence-electron chi connectivity index (χ1n) is 4.13. The zero-order valence-corrected chi connectivity index (χ0v) is 7.80. The minimum atomic E-state index is -0.0977. The van der Waals surface area contributed by atoms with Crippen LogP contribution in [-0.4, -0.2) is 23.7 Å². The Labute approximate surface area is 81.8 Å². The predicted octanol–water partition coefficient (Wildman–Crippen LogP) is 1.33. The molecule has 0 fully saturated rings. The van der Waals surface area contributed by atoms with Gasteiger partial charge in [-0.25, -0.2) is 0 Å². The Kier molecular flexibility index (Phi) is 3.67. The Hall–Kier alpha value is -1.84. The van der Waals surface area contributed by atoms with Crippen molar-refractivity contribution in [3.63, 3.8) is 0 Å². The Bertz CT molecular complexity index is 347. The smallest absolute Gasteiger partial charge is 0.174 e. The van der Waals surface area contributed by atoms with Crippen LogP contribution in [0.4, 0.5) is 0 Å². The van der Waals surface area contributed by atoms with E-state index in [1.807, 2.05) is 0 Å². The molecule has 0 heterocycles. The van der Waals surface area contributed by atoms with Crippen LogP contribution in [0.15, 0.2) is 29.4 Å². The van der Waals surface area contributed by atoms with Crippen LogP contribution in [0.25, 0.3) is 0 Å². The predicted molar refractivity (Wildman–Crippen MR) is 52.3 cm³/mol. The number of nitrogens with zero attached hydrogens (tertiary/aromatic N) is 1. The van der Waals surface area contributed by atoms with Gasteiger partial charge < -0.3 is 9.94 Å². The highest BCUT2D eigenvalue weighted by Crippen LogP contribution is 2.12. The number of carbonyl (C=O) groups is 1. The summed E-state index contributed by atoms with van der Waals surface area (Å²) < 4.78 is 0. The quantitative estimate of drug-likeness (QED) is 0.579. The van der Waals surface area contributed by atoms with Crippen molar-refractivity contribution < 1.29 is 14.7 Å². The number of phenolic OH excluding ortho intramolecular Hbond substituents is 1. The fraction of sp³-hybridized carbons (Fsp3) is 0.200. The second kappa shape index (κ2) is 5.01. The lowest BCUT2D eigenvalue weighted by Gasteiger charge is -1.96. The van der Waals surface area contributed by atoms with Crippen LogP contribution in [0.3, 0.4) is 0 Å². The molecular weight excluding hydrogens is 182 g/mol. The fourth-order valence-corrected chi connectivity index (χ4v) is 0.819. The van der Waals surface area contributed by atoms with Crippen LogP contribution in [0.5, 0.6) is 5.75 Å². The van der Waals surface area contributed by atoms with Gasteiger partial charge in [-0.1, -0.05) is 17.3 Å². The molecule has 0 atom stereocenters. The third-order valence-electron chi connectivity index (χ3n) is 1.47. The van der Waals surface area contributed by atoms with E-state index in [4.69, 9.17) is 0 Å². The molecule has 14 heavy (non-hydrogen) atoms. The van der Waals surface area contributed by atoms with E-state index in [9.17, 15) is 9.90 Å². The van der Waals surface area contributed by atoms with E-state index in [2.05, 4.69) is 9.99 Å². The SMILES string of the molecule is CC(=O)CON=Cc1ccccc1O. The Morgan fingerprint density at radius 1 is 1.57 bits per heavy atom. The molecule has 0 saturated heterocycles. The number of carbonyl (C=O) groups excluding carboxylic acids is 1. The molecule has 0 radical (unpaired) electrons. The summed E-state index contributed by atoms with van der Waals surface area (Å²) in [4.78, 5) is 15.1. The van der Waals surface area contributed by atoms with Gasteiger partial charge >= 0.3 is 0 Å². The third kappa shape index (κ3) is 3.26. The third-order valence-corrected chi connectivity index (χ3v) is 1.47. The van der Waals surface area contributed by atoms with Gasteiger partial charge in [-0.05, 0) is 19.1 Å². The maximum absolute atomic E-state index is 10.5. The van der Waals surface area contributed by atoms with Crippen molar-refractivity contribution in [2.75, 3.05) is 6.61 Å². The van der Waals surface area contributed by atoms with E-state index in [0.29, 0.717) is 5.56 Å². The summed E-state index contributed by atoms with van der Waals surface area (Å²) in [6, 6.07) is 6.72. The van der Waals surface area contributed by atoms with Crippen molar-refractivity contribution in [1.29, 1.82) is 0 Å². The summed E-state index contributed by atoms with van der Waals surface area (Å²) in [5.41, 5.74) is 0.552. The molecule has 0 aliphatic rings. The fourth-order valence-electron chi connectivity index (χ4n) is 0.819. The number of rotatable bonds is 4. The summed E-state index contributed by atoms with van der Waals surface area (Å²) in [7, 11) is 0. The van der Waals surface area contributed by atoms with E-state index in [1.54, 1.807) is 24.3 Å². The van der Waals surface area contributed by atoms with Gasteiger partial charge in [-0.15, -0.1) is 0 Å². The van der Waals surface area contributed by atoms with Crippen LogP contribution < -0.4 is 0 Å². The highest BCUT2D eigenvalue weighted by atomic mass is 16.6. The molecule has 0 amide bonds. The molecule has 0 spiro atoms. The Balaban J connectivity index is 2.52. The lowest BCUT2D eigenvalue weighted by molar-refractivity contribution is -0.121. The molecule has 0 aromatic heterocycles.